The quantitative estimate of drug-likeness (QED) is 0.635. The number of anilines is 1. The van der Waals surface area contributed by atoms with Gasteiger partial charge in [-0.2, -0.15) is 16.4 Å². The van der Waals surface area contributed by atoms with Crippen molar-refractivity contribution in [2.75, 3.05) is 5.32 Å². The standard InChI is InChI=1S/C20H24N4O2S/c1-13(2)24-11-16(18(23-24)15-7-9-27-12-15)14-6-8-21-17(10-14)22-19(25)26-20(3,4)5/h6-13H,1-5H3,(H,21,22,25). The van der Waals surface area contributed by atoms with Crippen molar-refractivity contribution in [2.45, 2.75) is 46.3 Å². The third-order valence-electron chi connectivity index (χ3n) is 3.76. The Hall–Kier alpha value is -2.67. The largest absolute Gasteiger partial charge is 0.444 e. The number of nitrogens with one attached hydrogen (secondary N) is 1. The van der Waals surface area contributed by atoms with Crippen molar-refractivity contribution in [3.8, 4) is 22.4 Å². The number of rotatable bonds is 4. The maximum Gasteiger partial charge on any atom is 0.413 e. The molecule has 0 saturated heterocycles. The topological polar surface area (TPSA) is 69.0 Å². The van der Waals surface area contributed by atoms with Gasteiger partial charge in [0.05, 0.1) is 0 Å². The lowest BCUT2D eigenvalue weighted by molar-refractivity contribution is 0.0635. The lowest BCUT2D eigenvalue weighted by atomic mass is 10.0. The fourth-order valence-electron chi connectivity index (χ4n) is 2.55. The second kappa shape index (κ2) is 7.52. The van der Waals surface area contributed by atoms with E-state index in [4.69, 9.17) is 9.84 Å². The van der Waals surface area contributed by atoms with Crippen LogP contribution in [-0.4, -0.2) is 26.5 Å². The zero-order valence-corrected chi connectivity index (χ0v) is 17.0. The molecule has 3 aromatic heterocycles. The van der Waals surface area contributed by atoms with Gasteiger partial charge in [0, 0.05) is 34.9 Å². The van der Waals surface area contributed by atoms with E-state index in [0.717, 1.165) is 22.4 Å². The SMILES string of the molecule is CC(C)n1cc(-c2ccnc(NC(=O)OC(C)(C)C)c2)c(-c2ccsc2)n1. The van der Waals surface area contributed by atoms with Gasteiger partial charge in [0.2, 0.25) is 0 Å². The predicted molar refractivity (Wildman–Crippen MR) is 109 cm³/mol. The van der Waals surface area contributed by atoms with Crippen LogP contribution in [0.2, 0.25) is 0 Å². The van der Waals surface area contributed by atoms with E-state index in [1.54, 1.807) is 17.5 Å². The molecule has 0 aliphatic carbocycles. The van der Waals surface area contributed by atoms with Gasteiger partial charge in [-0.1, -0.05) is 0 Å². The van der Waals surface area contributed by atoms with Crippen molar-refractivity contribution in [1.29, 1.82) is 0 Å². The van der Waals surface area contributed by atoms with Crippen molar-refractivity contribution < 1.29 is 9.53 Å². The minimum Gasteiger partial charge on any atom is -0.444 e. The zero-order chi connectivity index (χ0) is 19.6. The third kappa shape index (κ3) is 4.74. The van der Waals surface area contributed by atoms with Gasteiger partial charge in [-0.15, -0.1) is 0 Å². The Kier molecular flexibility index (Phi) is 5.32. The first-order valence-electron chi connectivity index (χ1n) is 8.81. The molecule has 1 amide bonds. The number of pyridine rings is 1. The Labute approximate surface area is 163 Å². The van der Waals surface area contributed by atoms with Gasteiger partial charge in [-0.25, -0.2) is 9.78 Å². The molecule has 27 heavy (non-hydrogen) atoms. The van der Waals surface area contributed by atoms with Crippen LogP contribution in [-0.2, 0) is 4.74 Å². The van der Waals surface area contributed by atoms with Crippen LogP contribution in [0.4, 0.5) is 10.6 Å². The molecule has 3 heterocycles. The first-order valence-corrected chi connectivity index (χ1v) is 9.75. The van der Waals surface area contributed by atoms with Crippen LogP contribution in [0.1, 0.15) is 40.7 Å². The lowest BCUT2D eigenvalue weighted by Crippen LogP contribution is -2.27. The highest BCUT2D eigenvalue weighted by atomic mass is 32.1. The summed E-state index contributed by atoms with van der Waals surface area (Å²) in [5.74, 6) is 0.440. The van der Waals surface area contributed by atoms with Crippen LogP contribution < -0.4 is 5.32 Å². The van der Waals surface area contributed by atoms with Gasteiger partial charge < -0.3 is 4.74 Å². The van der Waals surface area contributed by atoms with E-state index in [-0.39, 0.29) is 6.04 Å². The molecular formula is C20H24N4O2S. The van der Waals surface area contributed by atoms with Crippen LogP contribution in [0.3, 0.4) is 0 Å². The van der Waals surface area contributed by atoms with Gasteiger partial charge in [0.15, 0.2) is 0 Å². The molecule has 0 radical (unpaired) electrons. The van der Waals surface area contributed by atoms with Crippen LogP contribution >= 0.6 is 11.3 Å². The molecule has 0 aliphatic rings. The summed E-state index contributed by atoms with van der Waals surface area (Å²) in [5.41, 5.74) is 3.36. The molecular weight excluding hydrogens is 360 g/mol. The highest BCUT2D eigenvalue weighted by Gasteiger charge is 2.18. The first kappa shape index (κ1) is 19.1. The number of ether oxygens (including phenoxy) is 1. The molecule has 3 aromatic rings. The molecule has 0 aliphatic heterocycles. The van der Waals surface area contributed by atoms with E-state index < -0.39 is 11.7 Å². The van der Waals surface area contributed by atoms with Crippen molar-refractivity contribution in [2.24, 2.45) is 0 Å². The molecule has 7 heteroatoms. The Morgan fingerprint density at radius 3 is 2.67 bits per heavy atom. The Balaban J connectivity index is 1.94. The highest BCUT2D eigenvalue weighted by molar-refractivity contribution is 7.08. The van der Waals surface area contributed by atoms with Crippen LogP contribution in [0.5, 0.6) is 0 Å². The summed E-state index contributed by atoms with van der Waals surface area (Å²) in [6.45, 7) is 9.66. The van der Waals surface area contributed by atoms with Crippen LogP contribution in [0.15, 0.2) is 41.4 Å². The van der Waals surface area contributed by atoms with E-state index in [1.165, 1.54) is 0 Å². The average molecular weight is 385 g/mol. The molecule has 1 N–H and O–H groups in total. The lowest BCUT2D eigenvalue weighted by Gasteiger charge is -2.19. The normalized spacial score (nSPS) is 11.6. The highest BCUT2D eigenvalue weighted by Crippen LogP contribution is 2.33. The molecule has 3 rings (SSSR count). The monoisotopic (exact) mass is 384 g/mol. The second-order valence-electron chi connectivity index (χ2n) is 7.53. The average Bonchev–Trinajstić information content (AvgIpc) is 3.22. The summed E-state index contributed by atoms with van der Waals surface area (Å²) in [7, 11) is 0. The molecule has 142 valence electrons. The third-order valence-corrected chi connectivity index (χ3v) is 4.44. The Morgan fingerprint density at radius 1 is 1.26 bits per heavy atom. The second-order valence-corrected chi connectivity index (χ2v) is 8.31. The van der Waals surface area contributed by atoms with E-state index >= 15 is 0 Å². The number of amides is 1. The van der Waals surface area contributed by atoms with E-state index in [0.29, 0.717) is 5.82 Å². The minimum atomic E-state index is -0.563. The van der Waals surface area contributed by atoms with Gasteiger partial charge in [-0.05, 0) is 63.8 Å². The van der Waals surface area contributed by atoms with Crippen molar-refractivity contribution in [3.63, 3.8) is 0 Å². The molecule has 0 saturated carbocycles. The summed E-state index contributed by atoms with van der Waals surface area (Å²) in [6.07, 6.45) is 3.18. The minimum absolute atomic E-state index is 0.248. The van der Waals surface area contributed by atoms with Crippen LogP contribution in [0.25, 0.3) is 22.4 Å². The fourth-order valence-corrected chi connectivity index (χ4v) is 3.20. The first-order chi connectivity index (χ1) is 12.7. The fraction of sp³-hybridized carbons (Fsp3) is 0.350. The maximum absolute atomic E-state index is 12.0. The Morgan fingerprint density at radius 2 is 2.04 bits per heavy atom. The number of carbonyl (C=O) groups is 1. The van der Waals surface area contributed by atoms with E-state index in [1.807, 2.05) is 49.2 Å². The summed E-state index contributed by atoms with van der Waals surface area (Å²) < 4.78 is 7.25. The molecule has 0 atom stereocenters. The van der Waals surface area contributed by atoms with E-state index in [2.05, 4.69) is 35.6 Å². The number of nitrogens with zero attached hydrogens (tertiary/aromatic N) is 3. The summed E-state index contributed by atoms with van der Waals surface area (Å²) in [4.78, 5) is 16.3. The van der Waals surface area contributed by atoms with E-state index in [9.17, 15) is 4.79 Å². The molecule has 0 unspecified atom stereocenters. The summed E-state index contributed by atoms with van der Waals surface area (Å²) >= 11 is 1.64. The van der Waals surface area contributed by atoms with Crippen molar-refractivity contribution in [1.82, 2.24) is 14.8 Å². The smallest absolute Gasteiger partial charge is 0.413 e. The van der Waals surface area contributed by atoms with Crippen molar-refractivity contribution in [3.05, 3.63) is 41.4 Å². The van der Waals surface area contributed by atoms with Gasteiger partial charge in [0.1, 0.15) is 17.1 Å². The number of thiophene rings is 1. The maximum atomic E-state index is 12.0. The Bertz CT molecular complexity index is 924. The molecule has 0 bridgehead atoms. The molecule has 0 aromatic carbocycles. The number of aromatic nitrogens is 3. The zero-order valence-electron chi connectivity index (χ0n) is 16.2. The summed E-state index contributed by atoms with van der Waals surface area (Å²) in [6, 6.07) is 6.05. The van der Waals surface area contributed by atoms with Crippen LogP contribution in [0, 0.1) is 0 Å². The summed E-state index contributed by atoms with van der Waals surface area (Å²) in [5, 5.41) is 11.6. The van der Waals surface area contributed by atoms with Gasteiger partial charge >= 0.3 is 6.09 Å². The number of hydrogen-bond donors (Lipinski definition) is 1. The number of hydrogen-bond acceptors (Lipinski definition) is 5. The van der Waals surface area contributed by atoms with Gasteiger partial charge in [-0.3, -0.25) is 10.00 Å². The number of carbonyl (C=O) groups excluding carboxylic acids is 1. The molecule has 0 fully saturated rings. The van der Waals surface area contributed by atoms with Gasteiger partial charge in [0.25, 0.3) is 0 Å². The predicted octanol–water partition coefficient (Wildman–Crippen LogP) is 5.60. The molecule has 6 nitrogen and oxygen atoms in total. The molecule has 0 spiro atoms. The van der Waals surface area contributed by atoms with Crippen molar-refractivity contribution >= 4 is 23.2 Å².